The lowest BCUT2D eigenvalue weighted by molar-refractivity contribution is 0.0131. The molecular formula is C17H23N3O2. The summed E-state index contributed by atoms with van der Waals surface area (Å²) >= 11 is 0. The lowest BCUT2D eigenvalue weighted by Gasteiger charge is -2.33. The maximum absolute atomic E-state index is 9.24. The van der Waals surface area contributed by atoms with Crippen LogP contribution in [0.15, 0.2) is 12.1 Å². The predicted octanol–water partition coefficient (Wildman–Crippen LogP) is 2.28. The number of piperidine rings is 1. The molecule has 2 fully saturated rings. The van der Waals surface area contributed by atoms with Crippen LogP contribution in [0.4, 0.5) is 5.82 Å². The summed E-state index contributed by atoms with van der Waals surface area (Å²) in [7, 11) is 0. The number of ether oxygens (including phenoxy) is 2. The lowest BCUT2D eigenvalue weighted by atomic mass is 10.1. The van der Waals surface area contributed by atoms with Gasteiger partial charge in [0.25, 0.3) is 0 Å². The zero-order valence-electron chi connectivity index (χ0n) is 13.1. The second-order valence-electron chi connectivity index (χ2n) is 6.18. The van der Waals surface area contributed by atoms with Gasteiger partial charge in [0, 0.05) is 31.3 Å². The molecular weight excluding hydrogens is 278 g/mol. The molecule has 118 valence electrons. The van der Waals surface area contributed by atoms with Crippen molar-refractivity contribution >= 4 is 5.82 Å². The van der Waals surface area contributed by atoms with Crippen molar-refractivity contribution in [2.75, 3.05) is 37.8 Å². The molecule has 3 rings (SSSR count). The molecule has 0 spiro atoms. The average Bonchev–Trinajstić information content (AvgIpc) is 3.07. The highest BCUT2D eigenvalue weighted by Gasteiger charge is 2.24. The van der Waals surface area contributed by atoms with Crippen molar-refractivity contribution < 1.29 is 9.47 Å². The molecule has 3 heterocycles. The van der Waals surface area contributed by atoms with E-state index < -0.39 is 0 Å². The SMILES string of the molecule is Cc1ccc(C#N)c(N2CCC(OCC3CCOC3)CC2)n1. The molecule has 1 atom stereocenters. The van der Waals surface area contributed by atoms with Crippen LogP contribution in [0, 0.1) is 24.2 Å². The van der Waals surface area contributed by atoms with Gasteiger partial charge in [0.05, 0.1) is 24.9 Å². The van der Waals surface area contributed by atoms with Crippen LogP contribution >= 0.6 is 0 Å². The quantitative estimate of drug-likeness (QED) is 0.854. The van der Waals surface area contributed by atoms with E-state index in [4.69, 9.17) is 9.47 Å². The molecule has 0 bridgehead atoms. The number of rotatable bonds is 4. The van der Waals surface area contributed by atoms with Gasteiger partial charge in [-0.05, 0) is 38.3 Å². The van der Waals surface area contributed by atoms with E-state index in [9.17, 15) is 5.26 Å². The van der Waals surface area contributed by atoms with Gasteiger partial charge in [-0.3, -0.25) is 0 Å². The first kappa shape index (κ1) is 15.3. The van der Waals surface area contributed by atoms with E-state index in [2.05, 4.69) is 16.0 Å². The number of pyridine rings is 1. The summed E-state index contributed by atoms with van der Waals surface area (Å²) in [6.07, 6.45) is 3.44. The van der Waals surface area contributed by atoms with Gasteiger partial charge in [-0.2, -0.15) is 5.26 Å². The third-order valence-corrected chi connectivity index (χ3v) is 4.47. The van der Waals surface area contributed by atoms with Gasteiger partial charge in [0.2, 0.25) is 0 Å². The minimum Gasteiger partial charge on any atom is -0.381 e. The Morgan fingerprint density at radius 2 is 2.18 bits per heavy atom. The Bertz CT molecular complexity index is 541. The molecule has 1 aromatic heterocycles. The Morgan fingerprint density at radius 3 is 2.86 bits per heavy atom. The van der Waals surface area contributed by atoms with Crippen LogP contribution in [-0.4, -0.2) is 44.0 Å². The van der Waals surface area contributed by atoms with Gasteiger partial charge in [-0.1, -0.05) is 0 Å². The van der Waals surface area contributed by atoms with Crippen molar-refractivity contribution in [1.82, 2.24) is 4.98 Å². The summed E-state index contributed by atoms with van der Waals surface area (Å²) in [5, 5.41) is 9.24. The molecule has 0 amide bonds. The number of hydrogen-bond donors (Lipinski definition) is 0. The molecule has 1 aromatic rings. The van der Waals surface area contributed by atoms with Crippen LogP contribution in [0.1, 0.15) is 30.5 Å². The molecule has 0 aliphatic carbocycles. The van der Waals surface area contributed by atoms with Crippen molar-refractivity contribution in [2.45, 2.75) is 32.3 Å². The fraction of sp³-hybridized carbons (Fsp3) is 0.647. The van der Waals surface area contributed by atoms with Crippen LogP contribution in [0.2, 0.25) is 0 Å². The Hall–Kier alpha value is -1.64. The number of nitrogens with zero attached hydrogens (tertiary/aromatic N) is 3. The number of aryl methyl sites for hydroxylation is 1. The number of aromatic nitrogens is 1. The van der Waals surface area contributed by atoms with Crippen LogP contribution < -0.4 is 4.90 Å². The summed E-state index contributed by atoms with van der Waals surface area (Å²) < 4.78 is 11.4. The van der Waals surface area contributed by atoms with E-state index >= 15 is 0 Å². The molecule has 5 nitrogen and oxygen atoms in total. The predicted molar refractivity (Wildman–Crippen MR) is 83.8 cm³/mol. The monoisotopic (exact) mass is 301 g/mol. The smallest absolute Gasteiger partial charge is 0.146 e. The van der Waals surface area contributed by atoms with Gasteiger partial charge < -0.3 is 14.4 Å². The summed E-state index contributed by atoms with van der Waals surface area (Å²) in [5.74, 6) is 1.40. The van der Waals surface area contributed by atoms with E-state index in [1.165, 1.54) is 0 Å². The van der Waals surface area contributed by atoms with Crippen LogP contribution in [-0.2, 0) is 9.47 Å². The Kier molecular flexibility index (Phi) is 4.91. The second kappa shape index (κ2) is 7.08. The first-order valence-electron chi connectivity index (χ1n) is 8.08. The molecule has 1 unspecified atom stereocenters. The lowest BCUT2D eigenvalue weighted by Crippen LogP contribution is -2.38. The Morgan fingerprint density at radius 1 is 1.36 bits per heavy atom. The van der Waals surface area contributed by atoms with Gasteiger partial charge in [0.15, 0.2) is 0 Å². The van der Waals surface area contributed by atoms with Crippen molar-refractivity contribution in [3.8, 4) is 6.07 Å². The van der Waals surface area contributed by atoms with Crippen molar-refractivity contribution in [3.05, 3.63) is 23.4 Å². The first-order valence-corrected chi connectivity index (χ1v) is 8.08. The standard InChI is InChI=1S/C17H23N3O2/c1-13-2-3-15(10-18)17(19-13)20-7-4-16(5-8-20)22-12-14-6-9-21-11-14/h2-3,14,16H,4-9,11-12H2,1H3. The molecule has 22 heavy (non-hydrogen) atoms. The van der Waals surface area contributed by atoms with Gasteiger partial charge in [-0.15, -0.1) is 0 Å². The largest absolute Gasteiger partial charge is 0.381 e. The number of anilines is 1. The van der Waals surface area contributed by atoms with Crippen molar-refractivity contribution in [3.63, 3.8) is 0 Å². The molecule has 0 aromatic carbocycles. The average molecular weight is 301 g/mol. The van der Waals surface area contributed by atoms with E-state index in [0.717, 1.165) is 63.7 Å². The molecule has 0 saturated carbocycles. The van der Waals surface area contributed by atoms with Crippen LogP contribution in [0.25, 0.3) is 0 Å². The fourth-order valence-corrected chi connectivity index (χ4v) is 3.09. The molecule has 0 N–H and O–H groups in total. The molecule has 5 heteroatoms. The summed E-state index contributed by atoms with van der Waals surface area (Å²) in [6, 6.07) is 6.00. The minimum atomic E-state index is 0.326. The normalized spacial score (nSPS) is 22.7. The second-order valence-corrected chi connectivity index (χ2v) is 6.18. The highest BCUT2D eigenvalue weighted by Crippen LogP contribution is 2.24. The highest BCUT2D eigenvalue weighted by atomic mass is 16.5. The molecule has 2 aliphatic heterocycles. The maximum Gasteiger partial charge on any atom is 0.146 e. The molecule has 2 saturated heterocycles. The van der Waals surface area contributed by atoms with Crippen molar-refractivity contribution in [2.24, 2.45) is 5.92 Å². The Labute approximate surface area is 131 Å². The highest BCUT2D eigenvalue weighted by molar-refractivity contribution is 5.54. The minimum absolute atomic E-state index is 0.326. The van der Waals surface area contributed by atoms with E-state index in [1.807, 2.05) is 19.1 Å². The van der Waals surface area contributed by atoms with Crippen LogP contribution in [0.5, 0.6) is 0 Å². The van der Waals surface area contributed by atoms with E-state index in [0.29, 0.717) is 17.6 Å². The van der Waals surface area contributed by atoms with Gasteiger partial charge in [0.1, 0.15) is 11.9 Å². The third-order valence-electron chi connectivity index (χ3n) is 4.47. The third kappa shape index (κ3) is 3.57. The Balaban J connectivity index is 1.53. The molecule has 0 radical (unpaired) electrons. The first-order chi connectivity index (χ1) is 10.8. The van der Waals surface area contributed by atoms with Crippen molar-refractivity contribution in [1.29, 1.82) is 5.26 Å². The zero-order chi connectivity index (χ0) is 15.4. The van der Waals surface area contributed by atoms with Gasteiger partial charge in [-0.25, -0.2) is 4.98 Å². The molecule has 2 aliphatic rings. The maximum atomic E-state index is 9.24. The zero-order valence-corrected chi connectivity index (χ0v) is 13.1. The van der Waals surface area contributed by atoms with Crippen LogP contribution in [0.3, 0.4) is 0 Å². The van der Waals surface area contributed by atoms with E-state index in [-0.39, 0.29) is 0 Å². The number of hydrogen-bond acceptors (Lipinski definition) is 5. The fourth-order valence-electron chi connectivity index (χ4n) is 3.09. The van der Waals surface area contributed by atoms with Gasteiger partial charge >= 0.3 is 0 Å². The summed E-state index contributed by atoms with van der Waals surface area (Å²) in [5.41, 5.74) is 1.61. The summed E-state index contributed by atoms with van der Waals surface area (Å²) in [4.78, 5) is 6.76. The topological polar surface area (TPSA) is 58.4 Å². The van der Waals surface area contributed by atoms with E-state index in [1.54, 1.807) is 0 Å². The summed E-state index contributed by atoms with van der Waals surface area (Å²) in [6.45, 7) is 6.30. The number of nitriles is 1.